The van der Waals surface area contributed by atoms with Crippen molar-refractivity contribution in [2.45, 2.75) is 86.0 Å². The molecule has 0 fully saturated rings. The first-order valence-electron chi connectivity index (χ1n) is 8.56. The summed E-state index contributed by atoms with van der Waals surface area (Å²) in [6.07, 6.45) is 2.13. The third-order valence-corrected chi connectivity index (χ3v) is 4.65. The molecule has 0 unspecified atom stereocenters. The minimum Gasteiger partial charge on any atom is -0.0637 e. The van der Waals surface area contributed by atoms with Crippen LogP contribution >= 0.6 is 0 Å². The van der Waals surface area contributed by atoms with E-state index in [0.29, 0.717) is 0 Å². The molecule has 0 saturated carbocycles. The maximum atomic E-state index is 4.90. The maximum Gasteiger partial charge on any atom is 0.347 e. The van der Waals surface area contributed by atoms with Crippen LogP contribution in [0.15, 0.2) is 18.2 Å². The van der Waals surface area contributed by atoms with Crippen molar-refractivity contribution in [3.05, 3.63) is 34.2 Å². The highest BCUT2D eigenvalue weighted by molar-refractivity contribution is 5.64. The summed E-state index contributed by atoms with van der Waals surface area (Å²) in [5, 5.41) is 0. The molecule has 0 aliphatic heterocycles. The number of benzene rings is 1. The van der Waals surface area contributed by atoms with Gasteiger partial charge in [0.15, 0.2) is 0 Å². The minimum absolute atomic E-state index is 0.0557. The van der Waals surface area contributed by atoms with E-state index in [1.54, 1.807) is 0 Å². The molecule has 0 radical (unpaired) electrons. The molecule has 0 saturated heterocycles. The van der Waals surface area contributed by atoms with Gasteiger partial charge >= 0.3 is 5.69 Å². The Morgan fingerprint density at radius 1 is 0.818 bits per heavy atom. The normalized spacial score (nSPS) is 12.8. The van der Waals surface area contributed by atoms with E-state index in [0.717, 1.165) is 18.5 Å². The van der Waals surface area contributed by atoms with Crippen LogP contribution in [-0.4, -0.2) is 0 Å². The highest BCUT2D eigenvalue weighted by atomic mass is 14.7. The second-order valence-electron chi connectivity index (χ2n) is 8.69. The van der Waals surface area contributed by atoms with Gasteiger partial charge in [0, 0.05) is 11.1 Å². The molecule has 1 aromatic carbocycles. The molecular formula is C21H34N+. The van der Waals surface area contributed by atoms with Crippen LogP contribution in [0.2, 0.25) is 0 Å². The molecular weight excluding hydrogens is 266 g/mol. The zero-order chi connectivity index (χ0) is 17.2. The van der Waals surface area contributed by atoms with Gasteiger partial charge in [0.25, 0.3) is 6.07 Å². The number of hydrogen-bond acceptors (Lipinski definition) is 0. The van der Waals surface area contributed by atoms with Gasteiger partial charge in [-0.15, -0.1) is 0 Å². The van der Waals surface area contributed by atoms with Crippen LogP contribution in [0.25, 0.3) is 4.85 Å². The Labute approximate surface area is 138 Å². The van der Waals surface area contributed by atoms with E-state index in [1.165, 1.54) is 11.1 Å². The van der Waals surface area contributed by atoms with Crippen molar-refractivity contribution in [3.8, 4) is 6.07 Å². The Balaban J connectivity index is 3.60. The monoisotopic (exact) mass is 300 g/mol. The van der Waals surface area contributed by atoms with Crippen molar-refractivity contribution in [2.75, 3.05) is 0 Å². The maximum absolute atomic E-state index is 4.90. The van der Waals surface area contributed by atoms with E-state index in [2.05, 4.69) is 86.6 Å². The van der Waals surface area contributed by atoms with Gasteiger partial charge in [-0.3, -0.25) is 0 Å². The molecule has 0 spiro atoms. The number of para-hydroxylation sites is 1. The smallest absolute Gasteiger partial charge is 0.0637 e. The molecule has 0 atom stereocenters. The predicted molar refractivity (Wildman–Crippen MR) is 99.4 cm³/mol. The van der Waals surface area contributed by atoms with E-state index in [1.807, 2.05) is 0 Å². The number of hydrogen-bond donors (Lipinski definition) is 0. The highest BCUT2D eigenvalue weighted by Crippen LogP contribution is 2.40. The molecule has 0 N–H and O–H groups in total. The van der Waals surface area contributed by atoms with Gasteiger partial charge in [0.1, 0.15) is 5.41 Å². The van der Waals surface area contributed by atoms with Crippen molar-refractivity contribution in [1.82, 2.24) is 0 Å². The van der Waals surface area contributed by atoms with Gasteiger partial charge in [-0.05, 0) is 35.4 Å². The molecule has 1 heteroatoms. The fourth-order valence-electron chi connectivity index (χ4n) is 2.47. The van der Waals surface area contributed by atoms with Crippen LogP contribution in [0, 0.1) is 11.5 Å². The summed E-state index contributed by atoms with van der Waals surface area (Å²) in [4.78, 5) is 4.90. The predicted octanol–water partition coefficient (Wildman–Crippen LogP) is 7.07. The van der Waals surface area contributed by atoms with E-state index >= 15 is 0 Å². The summed E-state index contributed by atoms with van der Waals surface area (Å²) in [5.74, 6) is 0. The molecule has 0 aromatic heterocycles. The molecule has 1 nitrogen and oxygen atoms in total. The quantitative estimate of drug-likeness (QED) is 0.550. The van der Waals surface area contributed by atoms with Crippen molar-refractivity contribution in [2.24, 2.45) is 5.41 Å². The Bertz CT molecular complexity index is 534. The van der Waals surface area contributed by atoms with Crippen molar-refractivity contribution in [1.29, 1.82) is 0 Å². The molecule has 0 aliphatic rings. The van der Waals surface area contributed by atoms with E-state index in [4.69, 9.17) is 4.85 Å². The third kappa shape index (κ3) is 4.35. The molecule has 1 rings (SSSR count). The Hall–Kier alpha value is -1.29. The lowest BCUT2D eigenvalue weighted by molar-refractivity contribution is 0.415. The Morgan fingerprint density at radius 3 is 1.55 bits per heavy atom. The van der Waals surface area contributed by atoms with Crippen LogP contribution < -0.4 is 0 Å². The average Bonchev–Trinajstić information content (AvgIpc) is 2.42. The Morgan fingerprint density at radius 2 is 1.23 bits per heavy atom. The molecule has 122 valence electrons. The second-order valence-corrected chi connectivity index (χ2v) is 8.69. The van der Waals surface area contributed by atoms with Gasteiger partial charge in [0.05, 0.1) is 0 Å². The van der Waals surface area contributed by atoms with E-state index < -0.39 is 0 Å². The summed E-state index contributed by atoms with van der Waals surface area (Å²) in [6.45, 7) is 20.2. The third-order valence-electron chi connectivity index (χ3n) is 4.65. The van der Waals surface area contributed by atoms with Gasteiger partial charge in [0.2, 0.25) is 0 Å². The second kappa shape index (κ2) is 6.45. The molecule has 22 heavy (non-hydrogen) atoms. The van der Waals surface area contributed by atoms with E-state index in [-0.39, 0.29) is 16.2 Å². The standard InChI is InChI=1S/C21H34N/c1-10-21(9,11-2)15-22-18-16(19(3,4)5)13-12-14-17(18)20(6,7)8/h12-14H,10-11H2,1-9H3/q+1. The molecule has 0 aliphatic carbocycles. The van der Waals surface area contributed by atoms with Crippen molar-refractivity contribution >= 4 is 5.69 Å². The summed E-state index contributed by atoms with van der Waals surface area (Å²) in [5.41, 5.74) is 3.95. The highest BCUT2D eigenvalue weighted by Gasteiger charge is 2.32. The van der Waals surface area contributed by atoms with Crippen LogP contribution in [0.4, 0.5) is 5.69 Å². The van der Waals surface area contributed by atoms with Crippen LogP contribution in [0.5, 0.6) is 0 Å². The van der Waals surface area contributed by atoms with Gasteiger partial charge < -0.3 is 0 Å². The first-order valence-corrected chi connectivity index (χ1v) is 8.56. The van der Waals surface area contributed by atoms with Crippen LogP contribution in [-0.2, 0) is 10.8 Å². The zero-order valence-electron chi connectivity index (χ0n) is 16.1. The van der Waals surface area contributed by atoms with Gasteiger partial charge in [-0.1, -0.05) is 73.6 Å². The largest absolute Gasteiger partial charge is 0.347 e. The summed E-state index contributed by atoms with van der Waals surface area (Å²) in [7, 11) is 0. The Kier molecular flexibility index (Phi) is 5.50. The zero-order valence-corrected chi connectivity index (χ0v) is 16.1. The molecule has 0 heterocycles. The minimum atomic E-state index is 0.0557. The lowest BCUT2D eigenvalue weighted by atomic mass is 9.79. The summed E-state index contributed by atoms with van der Waals surface area (Å²) >= 11 is 0. The lowest BCUT2D eigenvalue weighted by Crippen LogP contribution is -2.17. The van der Waals surface area contributed by atoms with Gasteiger partial charge in [-0.25, -0.2) is 0 Å². The average molecular weight is 301 g/mol. The topological polar surface area (TPSA) is 4.36 Å². The first kappa shape index (κ1) is 18.8. The molecule has 1 aromatic rings. The SMILES string of the molecule is CCC(C)(C#[N+]c1c(C(C)(C)C)cccc1C(C)(C)C)CC. The van der Waals surface area contributed by atoms with Crippen LogP contribution in [0.3, 0.4) is 0 Å². The fraction of sp³-hybridized carbons (Fsp3) is 0.667. The van der Waals surface area contributed by atoms with Crippen molar-refractivity contribution in [3.63, 3.8) is 0 Å². The van der Waals surface area contributed by atoms with Gasteiger partial charge in [-0.2, -0.15) is 0 Å². The van der Waals surface area contributed by atoms with Crippen molar-refractivity contribution < 1.29 is 0 Å². The summed E-state index contributed by atoms with van der Waals surface area (Å²) < 4.78 is 0. The number of nitrogens with zero attached hydrogens (tertiary/aromatic N) is 1. The summed E-state index contributed by atoms with van der Waals surface area (Å²) in [6, 6.07) is 10.1. The lowest BCUT2D eigenvalue weighted by Gasteiger charge is -2.22. The van der Waals surface area contributed by atoms with E-state index in [9.17, 15) is 0 Å². The first-order chi connectivity index (χ1) is 9.94. The number of rotatable bonds is 2. The van der Waals surface area contributed by atoms with Crippen LogP contribution in [0.1, 0.15) is 86.3 Å². The molecule has 0 bridgehead atoms. The molecule has 0 amide bonds. The fourth-order valence-corrected chi connectivity index (χ4v) is 2.47.